The second kappa shape index (κ2) is 5.25. The first-order chi connectivity index (χ1) is 10.2. The molecule has 0 saturated heterocycles. The van der Waals surface area contributed by atoms with E-state index >= 15 is 0 Å². The second-order valence-corrected chi connectivity index (χ2v) is 4.77. The minimum Gasteiger partial charge on any atom is -0.480 e. The van der Waals surface area contributed by atoms with Crippen molar-refractivity contribution in [2.75, 3.05) is 6.54 Å². The number of nitrogens with zero attached hydrogens (tertiary/aromatic N) is 1. The molecule has 104 valence electrons. The molecule has 4 heteroatoms. The molecule has 0 unspecified atom stereocenters. The molecule has 0 spiro atoms. The Morgan fingerprint density at radius 1 is 1.00 bits per heavy atom. The molecular formula is C17H13NO3. The van der Waals surface area contributed by atoms with E-state index in [1.54, 1.807) is 12.1 Å². The van der Waals surface area contributed by atoms with Crippen LogP contribution in [-0.4, -0.2) is 28.4 Å². The van der Waals surface area contributed by atoms with E-state index in [9.17, 15) is 9.59 Å². The van der Waals surface area contributed by atoms with Crippen molar-refractivity contribution < 1.29 is 14.7 Å². The minimum atomic E-state index is -1.03. The van der Waals surface area contributed by atoms with Crippen LogP contribution in [0.4, 0.5) is 0 Å². The van der Waals surface area contributed by atoms with Crippen molar-refractivity contribution in [3.8, 4) is 0 Å². The average molecular weight is 279 g/mol. The topological polar surface area (TPSA) is 57.6 Å². The molecule has 0 radical (unpaired) electrons. The first-order valence-corrected chi connectivity index (χ1v) is 6.56. The number of benzene rings is 2. The molecule has 1 aliphatic rings. The van der Waals surface area contributed by atoms with E-state index in [1.165, 1.54) is 4.90 Å². The Morgan fingerprint density at radius 2 is 1.62 bits per heavy atom. The van der Waals surface area contributed by atoms with Crippen LogP contribution >= 0.6 is 0 Å². The Kier molecular flexibility index (Phi) is 3.28. The fourth-order valence-corrected chi connectivity index (χ4v) is 2.45. The summed E-state index contributed by atoms with van der Waals surface area (Å²) >= 11 is 0. The van der Waals surface area contributed by atoms with Gasteiger partial charge in [0.15, 0.2) is 0 Å². The number of carbonyl (C=O) groups excluding carboxylic acids is 1. The van der Waals surface area contributed by atoms with Gasteiger partial charge >= 0.3 is 5.97 Å². The number of aliphatic carboxylic acids is 1. The zero-order chi connectivity index (χ0) is 14.8. The van der Waals surface area contributed by atoms with E-state index in [0.717, 1.165) is 11.1 Å². The Morgan fingerprint density at radius 3 is 2.29 bits per heavy atom. The van der Waals surface area contributed by atoms with Crippen LogP contribution in [0.1, 0.15) is 21.5 Å². The zero-order valence-corrected chi connectivity index (χ0v) is 11.2. The molecule has 1 N–H and O–H groups in total. The fraction of sp³-hybridized carbons (Fsp3) is 0.0588. The SMILES string of the molecule is O=C(O)CN1C(=O)c2ccccc2/C1=C/c1ccccc1. The molecule has 0 bridgehead atoms. The molecule has 1 amide bonds. The highest BCUT2D eigenvalue weighted by Gasteiger charge is 2.32. The summed E-state index contributed by atoms with van der Waals surface area (Å²) in [5.74, 6) is -1.30. The minimum absolute atomic E-state index is 0.268. The summed E-state index contributed by atoms with van der Waals surface area (Å²) in [6.07, 6.45) is 1.84. The van der Waals surface area contributed by atoms with E-state index in [-0.39, 0.29) is 12.5 Å². The monoisotopic (exact) mass is 279 g/mol. The Balaban J connectivity index is 2.12. The lowest BCUT2D eigenvalue weighted by atomic mass is 10.1. The van der Waals surface area contributed by atoms with Gasteiger partial charge in [0.1, 0.15) is 6.54 Å². The van der Waals surface area contributed by atoms with Crippen molar-refractivity contribution in [2.24, 2.45) is 0 Å². The first kappa shape index (κ1) is 13.1. The lowest BCUT2D eigenvalue weighted by Crippen LogP contribution is -2.29. The Labute approximate surface area is 121 Å². The summed E-state index contributed by atoms with van der Waals surface area (Å²) in [5, 5.41) is 9.03. The lowest BCUT2D eigenvalue weighted by molar-refractivity contribution is -0.137. The van der Waals surface area contributed by atoms with Crippen molar-refractivity contribution in [3.05, 3.63) is 71.3 Å². The molecule has 1 heterocycles. The van der Waals surface area contributed by atoms with E-state index in [4.69, 9.17) is 5.11 Å². The van der Waals surface area contributed by atoms with Gasteiger partial charge in [0.2, 0.25) is 0 Å². The average Bonchev–Trinajstić information content (AvgIpc) is 2.74. The number of hydrogen-bond acceptors (Lipinski definition) is 2. The van der Waals surface area contributed by atoms with Crippen molar-refractivity contribution in [1.82, 2.24) is 4.90 Å². The van der Waals surface area contributed by atoms with Gasteiger partial charge in [-0.25, -0.2) is 0 Å². The van der Waals surface area contributed by atoms with Crippen LogP contribution in [0.15, 0.2) is 54.6 Å². The fourth-order valence-electron chi connectivity index (χ4n) is 2.45. The third kappa shape index (κ3) is 2.43. The molecule has 1 aliphatic heterocycles. The number of fused-ring (bicyclic) bond motifs is 1. The molecule has 2 aromatic carbocycles. The van der Waals surface area contributed by atoms with Crippen molar-refractivity contribution in [1.29, 1.82) is 0 Å². The van der Waals surface area contributed by atoms with Crippen molar-refractivity contribution in [3.63, 3.8) is 0 Å². The highest BCUT2D eigenvalue weighted by atomic mass is 16.4. The predicted octanol–water partition coefficient (Wildman–Crippen LogP) is 2.73. The molecule has 4 nitrogen and oxygen atoms in total. The van der Waals surface area contributed by atoms with Gasteiger partial charge in [-0.15, -0.1) is 0 Å². The van der Waals surface area contributed by atoms with Gasteiger partial charge in [-0.2, -0.15) is 0 Å². The number of carboxylic acids is 1. The maximum atomic E-state index is 12.4. The van der Waals surface area contributed by atoms with Crippen LogP contribution in [0.2, 0.25) is 0 Å². The standard InChI is InChI=1S/C17H13NO3/c19-16(20)11-18-15(10-12-6-2-1-3-7-12)13-8-4-5-9-14(13)17(18)21/h1-10H,11H2,(H,19,20)/b15-10-. The lowest BCUT2D eigenvalue weighted by Gasteiger charge is -2.15. The summed E-state index contributed by atoms with van der Waals surface area (Å²) < 4.78 is 0. The number of hydrogen-bond donors (Lipinski definition) is 1. The van der Waals surface area contributed by atoms with Gasteiger partial charge in [0.25, 0.3) is 5.91 Å². The smallest absolute Gasteiger partial charge is 0.323 e. The van der Waals surface area contributed by atoms with Gasteiger partial charge in [0.05, 0.1) is 5.70 Å². The van der Waals surface area contributed by atoms with Crippen LogP contribution in [0.5, 0.6) is 0 Å². The number of carboxylic acid groups (broad SMARTS) is 1. The van der Waals surface area contributed by atoms with E-state index in [1.807, 2.05) is 48.5 Å². The summed E-state index contributed by atoms with van der Waals surface area (Å²) in [7, 11) is 0. The quantitative estimate of drug-likeness (QED) is 0.939. The highest BCUT2D eigenvalue weighted by molar-refractivity contribution is 6.12. The van der Waals surface area contributed by atoms with Gasteiger partial charge in [0, 0.05) is 11.1 Å². The maximum absolute atomic E-state index is 12.4. The number of carbonyl (C=O) groups is 2. The molecule has 3 rings (SSSR count). The maximum Gasteiger partial charge on any atom is 0.323 e. The molecule has 0 saturated carbocycles. The van der Waals surface area contributed by atoms with Gasteiger partial charge in [-0.05, 0) is 17.7 Å². The normalized spacial score (nSPS) is 15.3. The summed E-state index contributed by atoms with van der Waals surface area (Å²) in [6.45, 7) is -0.341. The highest BCUT2D eigenvalue weighted by Crippen LogP contribution is 2.33. The molecule has 2 aromatic rings. The van der Waals surface area contributed by atoms with E-state index < -0.39 is 5.97 Å². The first-order valence-electron chi connectivity index (χ1n) is 6.56. The molecule has 0 aromatic heterocycles. The van der Waals surface area contributed by atoms with Gasteiger partial charge < -0.3 is 5.11 Å². The Bertz CT molecular complexity index is 735. The largest absolute Gasteiger partial charge is 0.480 e. The molecule has 0 aliphatic carbocycles. The predicted molar refractivity (Wildman–Crippen MR) is 79.4 cm³/mol. The van der Waals surface area contributed by atoms with Crippen molar-refractivity contribution >= 4 is 23.6 Å². The number of rotatable bonds is 3. The molecule has 0 fully saturated rings. The molecular weight excluding hydrogens is 266 g/mol. The van der Waals surface area contributed by atoms with Gasteiger partial charge in [-0.1, -0.05) is 48.5 Å². The van der Waals surface area contributed by atoms with Crippen LogP contribution < -0.4 is 0 Å². The van der Waals surface area contributed by atoms with E-state index in [2.05, 4.69) is 0 Å². The van der Waals surface area contributed by atoms with Crippen LogP contribution in [0, 0.1) is 0 Å². The second-order valence-electron chi connectivity index (χ2n) is 4.77. The summed E-state index contributed by atoms with van der Waals surface area (Å²) in [6, 6.07) is 16.7. The van der Waals surface area contributed by atoms with Crippen molar-refractivity contribution in [2.45, 2.75) is 0 Å². The van der Waals surface area contributed by atoms with E-state index in [0.29, 0.717) is 11.3 Å². The third-order valence-corrected chi connectivity index (χ3v) is 3.37. The van der Waals surface area contributed by atoms with Crippen LogP contribution in [-0.2, 0) is 4.79 Å². The van der Waals surface area contributed by atoms with Crippen LogP contribution in [0.25, 0.3) is 11.8 Å². The third-order valence-electron chi connectivity index (χ3n) is 3.37. The van der Waals surface area contributed by atoms with Crippen LogP contribution in [0.3, 0.4) is 0 Å². The summed E-state index contributed by atoms with van der Waals surface area (Å²) in [4.78, 5) is 24.7. The Hall–Kier alpha value is -2.88. The molecule has 0 atom stereocenters. The zero-order valence-electron chi connectivity index (χ0n) is 11.2. The molecule has 21 heavy (non-hydrogen) atoms. The number of amides is 1. The summed E-state index contributed by atoms with van der Waals surface area (Å²) in [5.41, 5.74) is 2.87. The van der Waals surface area contributed by atoms with Gasteiger partial charge in [-0.3, -0.25) is 14.5 Å².